The molecule has 0 aliphatic carbocycles. The predicted molar refractivity (Wildman–Crippen MR) is 261 cm³/mol. The molecule has 12 aromatic rings. The maximum Gasteiger partial charge on any atom is 0.164 e. The smallest absolute Gasteiger partial charge is 0.164 e. The van der Waals surface area contributed by atoms with Gasteiger partial charge >= 0.3 is 0 Å². The van der Waals surface area contributed by atoms with E-state index in [4.69, 9.17) is 34.3 Å². The number of hydrogen-bond donors (Lipinski definition) is 0. The van der Waals surface area contributed by atoms with Gasteiger partial charge in [-0.1, -0.05) is 200 Å². The van der Waals surface area contributed by atoms with Gasteiger partial charge in [0.2, 0.25) is 0 Å². The fourth-order valence-electron chi connectivity index (χ4n) is 8.65. The van der Waals surface area contributed by atoms with Gasteiger partial charge in [-0.05, 0) is 51.2 Å². The average Bonchev–Trinajstić information content (AvgIpc) is 3.77. The minimum atomic E-state index is 0.554. The number of rotatable bonds is 8. The van der Waals surface area contributed by atoms with Gasteiger partial charge in [0.1, 0.15) is 11.2 Å². The van der Waals surface area contributed by atoms with Gasteiger partial charge in [-0.15, -0.1) is 0 Å². The summed E-state index contributed by atoms with van der Waals surface area (Å²) in [5.41, 5.74) is 11.0. The Morgan fingerprint density at radius 2 is 0.692 bits per heavy atom. The molecule has 0 aliphatic heterocycles. The highest BCUT2D eigenvalue weighted by Gasteiger charge is 2.21. The number of aromatic nitrogens is 6. The lowest BCUT2D eigenvalue weighted by molar-refractivity contribution is 0.669. The Kier molecular flexibility index (Phi) is 9.34. The first-order chi connectivity index (χ1) is 32.2. The van der Waals surface area contributed by atoms with Gasteiger partial charge in [0.05, 0.1) is 0 Å². The van der Waals surface area contributed by atoms with Gasteiger partial charge in [-0.2, -0.15) is 0 Å². The highest BCUT2D eigenvalue weighted by atomic mass is 16.3. The molecule has 0 saturated heterocycles. The number of benzene rings is 9. The molecule has 304 valence electrons. The van der Waals surface area contributed by atoms with Gasteiger partial charge < -0.3 is 4.42 Å². The van der Waals surface area contributed by atoms with Crippen molar-refractivity contribution in [2.75, 3.05) is 0 Å². The molecular weight excluding hydrogens is 797 g/mol. The minimum Gasteiger partial charge on any atom is -0.456 e. The summed E-state index contributed by atoms with van der Waals surface area (Å²) in [6.45, 7) is 0. The van der Waals surface area contributed by atoms with Crippen molar-refractivity contribution < 1.29 is 4.42 Å². The van der Waals surface area contributed by atoms with Gasteiger partial charge in [0.25, 0.3) is 0 Å². The van der Waals surface area contributed by atoms with Gasteiger partial charge in [0.15, 0.2) is 34.9 Å². The zero-order valence-electron chi connectivity index (χ0n) is 34.9. The summed E-state index contributed by atoms with van der Waals surface area (Å²) in [4.78, 5) is 30.8. The van der Waals surface area contributed by atoms with Crippen LogP contribution < -0.4 is 0 Å². The van der Waals surface area contributed by atoms with Crippen LogP contribution in [0, 0.1) is 0 Å². The molecule has 65 heavy (non-hydrogen) atoms. The highest BCUT2D eigenvalue weighted by Crippen LogP contribution is 2.41. The highest BCUT2D eigenvalue weighted by molar-refractivity contribution is 6.13. The Hall–Kier alpha value is -8.94. The first kappa shape index (κ1) is 37.8. The second kappa shape index (κ2) is 16.1. The molecule has 0 N–H and O–H groups in total. The van der Waals surface area contributed by atoms with E-state index in [1.807, 2.05) is 109 Å². The van der Waals surface area contributed by atoms with Crippen molar-refractivity contribution >= 4 is 32.7 Å². The van der Waals surface area contributed by atoms with E-state index in [9.17, 15) is 0 Å². The first-order valence-corrected chi connectivity index (χ1v) is 21.5. The summed E-state index contributed by atoms with van der Waals surface area (Å²) < 4.78 is 6.61. The predicted octanol–water partition coefficient (Wildman–Crippen LogP) is 14.4. The fourth-order valence-corrected chi connectivity index (χ4v) is 8.65. The van der Waals surface area contributed by atoms with E-state index < -0.39 is 0 Å². The molecule has 9 aromatic carbocycles. The van der Waals surface area contributed by atoms with Crippen LogP contribution in [0.25, 0.3) is 123 Å². The molecular formula is C58H36N6O. The number of nitrogens with zero attached hydrogens (tertiary/aromatic N) is 6. The van der Waals surface area contributed by atoms with Crippen LogP contribution in [-0.2, 0) is 0 Å². The molecule has 0 unspecified atom stereocenters. The summed E-state index contributed by atoms with van der Waals surface area (Å²) in [6.07, 6.45) is 0. The molecule has 0 atom stereocenters. The normalized spacial score (nSPS) is 11.4. The van der Waals surface area contributed by atoms with Crippen LogP contribution in [0.15, 0.2) is 223 Å². The Bertz CT molecular complexity index is 3700. The van der Waals surface area contributed by atoms with E-state index in [2.05, 4.69) is 109 Å². The minimum absolute atomic E-state index is 0.554. The molecule has 0 radical (unpaired) electrons. The van der Waals surface area contributed by atoms with Crippen LogP contribution in [0.3, 0.4) is 0 Å². The van der Waals surface area contributed by atoms with Crippen molar-refractivity contribution in [3.8, 4) is 90.6 Å². The summed E-state index contributed by atoms with van der Waals surface area (Å²) >= 11 is 0. The SMILES string of the molecule is c1ccc(-c2nc(-c3ccc(-c4cc(-c5nc(-c6ccccc6)nc(-c6cccc7ccccc67)n5)c5c(c4)oc4ccccc45)cc3)nc(-c3ccccc3-c3ccccc3)n2)cc1. The Morgan fingerprint density at radius 3 is 1.37 bits per heavy atom. The van der Waals surface area contributed by atoms with Gasteiger partial charge in [-0.25, -0.2) is 29.9 Å². The molecule has 0 spiro atoms. The second-order valence-electron chi connectivity index (χ2n) is 15.9. The molecule has 0 aliphatic rings. The van der Waals surface area contributed by atoms with Crippen molar-refractivity contribution in [2.45, 2.75) is 0 Å². The van der Waals surface area contributed by atoms with Gasteiger partial charge in [0, 0.05) is 44.2 Å². The quantitative estimate of drug-likeness (QED) is 0.151. The maximum absolute atomic E-state index is 6.61. The third-order valence-corrected chi connectivity index (χ3v) is 11.8. The van der Waals surface area contributed by atoms with Crippen LogP contribution in [0.5, 0.6) is 0 Å². The summed E-state index contributed by atoms with van der Waals surface area (Å²) in [7, 11) is 0. The van der Waals surface area contributed by atoms with Crippen molar-refractivity contribution in [3.63, 3.8) is 0 Å². The zero-order chi connectivity index (χ0) is 43.1. The molecule has 7 heteroatoms. The van der Waals surface area contributed by atoms with Crippen LogP contribution in [-0.4, -0.2) is 29.9 Å². The molecule has 3 heterocycles. The van der Waals surface area contributed by atoms with Crippen LogP contribution in [0.4, 0.5) is 0 Å². The number of para-hydroxylation sites is 1. The van der Waals surface area contributed by atoms with E-state index in [0.717, 1.165) is 88.3 Å². The van der Waals surface area contributed by atoms with E-state index >= 15 is 0 Å². The third-order valence-electron chi connectivity index (χ3n) is 11.8. The monoisotopic (exact) mass is 832 g/mol. The maximum atomic E-state index is 6.61. The average molecular weight is 833 g/mol. The number of furan rings is 1. The lowest BCUT2D eigenvalue weighted by Crippen LogP contribution is -2.01. The Morgan fingerprint density at radius 1 is 0.246 bits per heavy atom. The Labute approximate surface area is 374 Å². The van der Waals surface area contributed by atoms with Crippen molar-refractivity contribution in [2.24, 2.45) is 0 Å². The van der Waals surface area contributed by atoms with Crippen LogP contribution in [0.1, 0.15) is 0 Å². The number of fused-ring (bicyclic) bond motifs is 4. The summed E-state index contributed by atoms with van der Waals surface area (Å²) in [5, 5.41) is 4.11. The molecule has 0 amide bonds. The molecule has 0 saturated carbocycles. The molecule has 3 aromatic heterocycles. The summed E-state index contributed by atoms with van der Waals surface area (Å²) in [6, 6.07) is 74.1. The lowest BCUT2D eigenvalue weighted by Gasteiger charge is -2.13. The largest absolute Gasteiger partial charge is 0.456 e. The second-order valence-corrected chi connectivity index (χ2v) is 15.9. The van der Waals surface area contributed by atoms with Crippen molar-refractivity contribution in [1.29, 1.82) is 0 Å². The van der Waals surface area contributed by atoms with Crippen molar-refractivity contribution in [3.05, 3.63) is 218 Å². The first-order valence-electron chi connectivity index (χ1n) is 21.5. The van der Waals surface area contributed by atoms with E-state index in [-0.39, 0.29) is 0 Å². The van der Waals surface area contributed by atoms with E-state index in [0.29, 0.717) is 34.9 Å². The third kappa shape index (κ3) is 7.07. The number of hydrogen-bond acceptors (Lipinski definition) is 7. The van der Waals surface area contributed by atoms with Crippen LogP contribution >= 0.6 is 0 Å². The molecule has 0 fully saturated rings. The molecule has 12 rings (SSSR count). The van der Waals surface area contributed by atoms with Crippen molar-refractivity contribution in [1.82, 2.24) is 29.9 Å². The summed E-state index contributed by atoms with van der Waals surface area (Å²) in [5.74, 6) is 3.53. The van der Waals surface area contributed by atoms with E-state index in [1.54, 1.807) is 0 Å². The topological polar surface area (TPSA) is 90.5 Å². The van der Waals surface area contributed by atoms with Crippen LogP contribution in [0.2, 0.25) is 0 Å². The Balaban J connectivity index is 1.01. The standard InChI is InChI=1S/C58H36N6O/c1-4-17-38(18-5-1)44-26-12-13-27-46(44)56-60-53(40-20-6-2-7-21-40)59-55(62-56)42-33-31-37(32-34-42)43-35-49(52-48-28-14-15-30-50(48)65-51(52)36-43)58-63-54(41-22-8-3-9-23-41)61-57(64-58)47-29-16-24-39-19-10-11-25-45(39)47/h1-36H. The zero-order valence-corrected chi connectivity index (χ0v) is 34.9. The van der Waals surface area contributed by atoms with Gasteiger partial charge in [-0.3, -0.25) is 0 Å². The molecule has 7 nitrogen and oxygen atoms in total. The lowest BCUT2D eigenvalue weighted by atomic mass is 9.97. The van der Waals surface area contributed by atoms with E-state index in [1.165, 1.54) is 0 Å². The molecule has 0 bridgehead atoms. The fraction of sp³-hybridized carbons (Fsp3) is 0.